The van der Waals surface area contributed by atoms with E-state index in [0.717, 1.165) is 5.56 Å². The number of hydrogen-bond donors (Lipinski definition) is 1. The lowest BCUT2D eigenvalue weighted by Gasteiger charge is -2.23. The number of nitrogens with zero attached hydrogens (tertiary/aromatic N) is 1. The van der Waals surface area contributed by atoms with Crippen LogP contribution in [0.5, 0.6) is 0 Å². The van der Waals surface area contributed by atoms with Gasteiger partial charge in [-0.3, -0.25) is 4.79 Å². The van der Waals surface area contributed by atoms with Crippen LogP contribution in [-0.4, -0.2) is 36.1 Å². The molecule has 1 aliphatic heterocycles. The fourth-order valence-electron chi connectivity index (χ4n) is 1.95. The first-order chi connectivity index (χ1) is 10.5. The lowest BCUT2D eigenvalue weighted by molar-refractivity contribution is -0.192. The van der Waals surface area contributed by atoms with E-state index in [1.54, 1.807) is 24.3 Å². The second-order valence-electron chi connectivity index (χ2n) is 4.96. The Bertz CT molecular complexity index is 604. The molecule has 1 amide bonds. The molecular weight excluding hydrogens is 327 g/mol. The first kappa shape index (κ1) is 16.8. The molecule has 0 spiro atoms. The molecular formula is C15H16Cl2N2O3. The highest BCUT2D eigenvalue weighted by atomic mass is 35.5. The summed E-state index contributed by atoms with van der Waals surface area (Å²) < 4.78 is 0. The molecule has 1 aromatic rings. The van der Waals surface area contributed by atoms with Crippen molar-refractivity contribution < 1.29 is 14.4 Å². The summed E-state index contributed by atoms with van der Waals surface area (Å²) in [5.41, 5.74) is 0.743. The van der Waals surface area contributed by atoms with Gasteiger partial charge in [0.15, 0.2) is 0 Å². The molecule has 5 nitrogen and oxygen atoms in total. The van der Waals surface area contributed by atoms with E-state index in [9.17, 15) is 9.59 Å². The molecule has 0 unspecified atom stereocenters. The fraction of sp³-hybridized carbons (Fsp3) is 0.333. The van der Waals surface area contributed by atoms with Gasteiger partial charge < -0.3 is 10.2 Å². The molecule has 1 saturated heterocycles. The predicted octanol–water partition coefficient (Wildman–Crippen LogP) is 2.68. The number of hydroxylamine groups is 2. The number of benzene rings is 1. The normalized spacial score (nSPS) is 19.8. The van der Waals surface area contributed by atoms with Crippen molar-refractivity contribution in [3.63, 3.8) is 0 Å². The Labute approximate surface area is 138 Å². The molecule has 0 aromatic heterocycles. The third-order valence-electron chi connectivity index (χ3n) is 3.21. The van der Waals surface area contributed by atoms with Crippen molar-refractivity contribution in [1.82, 2.24) is 10.4 Å². The molecule has 1 heterocycles. The highest BCUT2D eigenvalue weighted by Crippen LogP contribution is 2.23. The third kappa shape index (κ3) is 4.73. The van der Waals surface area contributed by atoms with E-state index in [-0.39, 0.29) is 11.9 Å². The van der Waals surface area contributed by atoms with Crippen molar-refractivity contribution in [2.24, 2.45) is 0 Å². The van der Waals surface area contributed by atoms with E-state index in [2.05, 4.69) is 5.32 Å². The zero-order valence-electron chi connectivity index (χ0n) is 12.0. The van der Waals surface area contributed by atoms with Crippen LogP contribution in [0.25, 0.3) is 6.08 Å². The minimum atomic E-state index is -0.507. The van der Waals surface area contributed by atoms with Gasteiger partial charge in [-0.2, -0.15) is 0 Å². The number of carbonyl (C=O) groups excluding carboxylic acids is 2. The Morgan fingerprint density at radius 2 is 2.18 bits per heavy atom. The highest BCUT2D eigenvalue weighted by molar-refractivity contribution is 6.42. The Kier molecular flexibility index (Phi) is 5.83. The van der Waals surface area contributed by atoms with Gasteiger partial charge in [-0.1, -0.05) is 29.3 Å². The third-order valence-corrected chi connectivity index (χ3v) is 3.95. The smallest absolute Gasteiger partial charge is 0.349 e. The van der Waals surface area contributed by atoms with Crippen molar-refractivity contribution in [3.8, 4) is 0 Å². The SMILES string of the molecule is C[C@@H]1CNC(=O)CCN1OC(=O)/C=C/c1ccc(Cl)c(Cl)c1. The van der Waals surface area contributed by atoms with Crippen LogP contribution in [-0.2, 0) is 14.4 Å². The second-order valence-corrected chi connectivity index (χ2v) is 5.78. The Morgan fingerprint density at radius 1 is 1.41 bits per heavy atom. The fourth-order valence-corrected chi connectivity index (χ4v) is 2.25. The zero-order chi connectivity index (χ0) is 16.1. The summed E-state index contributed by atoms with van der Waals surface area (Å²) in [5, 5.41) is 5.14. The van der Waals surface area contributed by atoms with E-state index in [1.165, 1.54) is 11.1 Å². The van der Waals surface area contributed by atoms with Crippen LogP contribution < -0.4 is 5.32 Å². The topological polar surface area (TPSA) is 58.6 Å². The van der Waals surface area contributed by atoms with Crippen molar-refractivity contribution >= 4 is 41.2 Å². The van der Waals surface area contributed by atoms with Crippen molar-refractivity contribution in [2.75, 3.05) is 13.1 Å². The minimum Gasteiger partial charge on any atom is -0.364 e. The molecule has 1 N–H and O–H groups in total. The second kappa shape index (κ2) is 7.63. The summed E-state index contributed by atoms with van der Waals surface area (Å²) in [6, 6.07) is 4.98. The number of carbonyl (C=O) groups is 2. The van der Waals surface area contributed by atoms with Gasteiger partial charge in [-0.15, -0.1) is 5.06 Å². The largest absolute Gasteiger partial charge is 0.364 e. The molecule has 2 rings (SSSR count). The van der Waals surface area contributed by atoms with Gasteiger partial charge in [0, 0.05) is 25.6 Å². The summed E-state index contributed by atoms with van der Waals surface area (Å²) in [4.78, 5) is 28.4. The van der Waals surface area contributed by atoms with Crippen LogP contribution in [0.1, 0.15) is 18.9 Å². The molecule has 0 radical (unpaired) electrons. The van der Waals surface area contributed by atoms with Crippen LogP contribution in [0.3, 0.4) is 0 Å². The van der Waals surface area contributed by atoms with Gasteiger partial charge >= 0.3 is 5.97 Å². The maximum absolute atomic E-state index is 11.9. The van der Waals surface area contributed by atoms with Crippen LogP contribution in [0, 0.1) is 0 Å². The lowest BCUT2D eigenvalue weighted by Crippen LogP contribution is -2.38. The first-order valence-electron chi connectivity index (χ1n) is 6.84. The first-order valence-corrected chi connectivity index (χ1v) is 7.59. The van der Waals surface area contributed by atoms with E-state index in [1.807, 2.05) is 6.92 Å². The number of rotatable bonds is 3. The van der Waals surface area contributed by atoms with Gasteiger partial charge in [0.25, 0.3) is 0 Å². The van der Waals surface area contributed by atoms with E-state index >= 15 is 0 Å². The van der Waals surface area contributed by atoms with Crippen LogP contribution in [0.4, 0.5) is 0 Å². The molecule has 0 aliphatic carbocycles. The van der Waals surface area contributed by atoms with Crippen molar-refractivity contribution in [2.45, 2.75) is 19.4 Å². The minimum absolute atomic E-state index is 0.0447. The molecule has 22 heavy (non-hydrogen) atoms. The molecule has 0 saturated carbocycles. The van der Waals surface area contributed by atoms with Gasteiger partial charge in [0.05, 0.1) is 16.1 Å². The molecule has 1 atom stereocenters. The number of hydrogen-bond acceptors (Lipinski definition) is 4. The van der Waals surface area contributed by atoms with Gasteiger partial charge in [0.2, 0.25) is 5.91 Å². The average molecular weight is 343 g/mol. The van der Waals surface area contributed by atoms with E-state index in [0.29, 0.717) is 29.6 Å². The molecule has 1 fully saturated rings. The zero-order valence-corrected chi connectivity index (χ0v) is 13.5. The van der Waals surface area contributed by atoms with Gasteiger partial charge in [-0.05, 0) is 30.7 Å². The number of nitrogens with one attached hydrogen (secondary N) is 1. The lowest BCUT2D eigenvalue weighted by atomic mass is 10.2. The standard InChI is InChI=1S/C15H16Cl2N2O3/c1-10-9-18-14(20)6-7-19(10)22-15(21)5-3-11-2-4-12(16)13(17)8-11/h2-5,8,10H,6-7,9H2,1H3,(H,18,20)/b5-3+/t10-/m1/s1. The van der Waals surface area contributed by atoms with Gasteiger partial charge in [0.1, 0.15) is 0 Å². The quantitative estimate of drug-likeness (QED) is 0.858. The van der Waals surface area contributed by atoms with Crippen LogP contribution >= 0.6 is 23.2 Å². The Morgan fingerprint density at radius 3 is 2.91 bits per heavy atom. The average Bonchev–Trinajstić information content (AvgIpc) is 2.64. The predicted molar refractivity (Wildman–Crippen MR) is 85.4 cm³/mol. The maximum Gasteiger partial charge on any atom is 0.349 e. The monoisotopic (exact) mass is 342 g/mol. The molecule has 7 heteroatoms. The van der Waals surface area contributed by atoms with E-state index < -0.39 is 5.97 Å². The van der Waals surface area contributed by atoms with E-state index in [4.69, 9.17) is 28.0 Å². The summed E-state index contributed by atoms with van der Waals surface area (Å²) in [5.74, 6) is -0.552. The highest BCUT2D eigenvalue weighted by Gasteiger charge is 2.22. The van der Waals surface area contributed by atoms with Crippen molar-refractivity contribution in [3.05, 3.63) is 39.9 Å². The summed E-state index contributed by atoms with van der Waals surface area (Å²) >= 11 is 11.7. The maximum atomic E-state index is 11.9. The van der Waals surface area contributed by atoms with Gasteiger partial charge in [-0.25, -0.2) is 4.79 Å². The van der Waals surface area contributed by atoms with Crippen LogP contribution in [0.15, 0.2) is 24.3 Å². The molecule has 1 aliphatic rings. The molecule has 118 valence electrons. The number of amides is 1. The Balaban J connectivity index is 1.95. The summed E-state index contributed by atoms with van der Waals surface area (Å²) in [7, 11) is 0. The molecule has 1 aromatic carbocycles. The molecule has 0 bridgehead atoms. The van der Waals surface area contributed by atoms with Crippen LogP contribution in [0.2, 0.25) is 10.0 Å². The Hall–Kier alpha value is -1.56. The van der Waals surface area contributed by atoms with Crippen molar-refractivity contribution in [1.29, 1.82) is 0 Å². The summed E-state index contributed by atoms with van der Waals surface area (Å²) in [6.45, 7) is 2.70. The summed E-state index contributed by atoms with van der Waals surface area (Å²) in [6.07, 6.45) is 3.21. The number of halogens is 2.